The number of methoxy groups -OCH3 is 2. The van der Waals surface area contributed by atoms with E-state index in [0.717, 1.165) is 30.2 Å². The van der Waals surface area contributed by atoms with Gasteiger partial charge >= 0.3 is 0 Å². The van der Waals surface area contributed by atoms with Gasteiger partial charge in [0, 0.05) is 37.3 Å². The molecule has 1 atom stereocenters. The molecule has 1 saturated heterocycles. The lowest BCUT2D eigenvalue weighted by Gasteiger charge is -2.35. The Balaban J connectivity index is 1.74. The summed E-state index contributed by atoms with van der Waals surface area (Å²) >= 11 is 0. The number of piperidine rings is 1. The van der Waals surface area contributed by atoms with Gasteiger partial charge in [-0.15, -0.1) is 0 Å². The molecule has 0 radical (unpaired) electrons. The standard InChI is InChI=1S/C23H27N5O4/c1-13-16(21(24)29)12-25-22(26-13)17-7-5-6-8-28(17)23(30)19-11-15-18(27(19)2)9-14(31-3)10-20(15)32-4/h9-12,17H,5-8H2,1-4H3,(H2,24,29)/t17-/m0/s1. The highest BCUT2D eigenvalue weighted by Crippen LogP contribution is 2.35. The van der Waals surface area contributed by atoms with Crippen molar-refractivity contribution in [3.05, 3.63) is 47.2 Å². The topological polar surface area (TPSA) is 113 Å². The zero-order chi connectivity index (χ0) is 23.0. The molecular weight excluding hydrogens is 410 g/mol. The molecule has 0 aliphatic carbocycles. The number of ether oxygens (including phenoxy) is 2. The second-order valence-corrected chi connectivity index (χ2v) is 7.95. The van der Waals surface area contributed by atoms with Crippen molar-refractivity contribution in [3.63, 3.8) is 0 Å². The second kappa shape index (κ2) is 8.49. The van der Waals surface area contributed by atoms with E-state index in [2.05, 4.69) is 9.97 Å². The van der Waals surface area contributed by atoms with Crippen LogP contribution in [0, 0.1) is 6.92 Å². The predicted octanol–water partition coefficient (Wildman–Crippen LogP) is 2.76. The van der Waals surface area contributed by atoms with Gasteiger partial charge in [-0.05, 0) is 32.3 Å². The SMILES string of the molecule is COc1cc(OC)c2cc(C(=O)N3CCCC[C@H]3c3ncc(C(N)=O)c(C)n3)n(C)c2c1. The van der Waals surface area contributed by atoms with E-state index in [4.69, 9.17) is 15.2 Å². The van der Waals surface area contributed by atoms with Gasteiger partial charge in [0.1, 0.15) is 17.2 Å². The molecule has 9 nitrogen and oxygen atoms in total. The lowest BCUT2D eigenvalue weighted by molar-refractivity contribution is 0.0589. The number of hydrogen-bond donors (Lipinski definition) is 1. The third-order valence-electron chi connectivity index (χ3n) is 6.10. The Morgan fingerprint density at radius 2 is 1.94 bits per heavy atom. The second-order valence-electron chi connectivity index (χ2n) is 7.95. The maximum Gasteiger partial charge on any atom is 0.271 e. The first-order valence-electron chi connectivity index (χ1n) is 10.5. The van der Waals surface area contributed by atoms with Gasteiger partial charge in [-0.25, -0.2) is 9.97 Å². The quantitative estimate of drug-likeness (QED) is 0.657. The summed E-state index contributed by atoms with van der Waals surface area (Å²) in [7, 11) is 5.05. The fourth-order valence-electron chi connectivity index (χ4n) is 4.34. The highest BCUT2D eigenvalue weighted by molar-refractivity contribution is 6.01. The molecule has 0 spiro atoms. The molecule has 2 amide bonds. The first-order chi connectivity index (χ1) is 15.3. The van der Waals surface area contributed by atoms with E-state index in [-0.39, 0.29) is 17.5 Å². The van der Waals surface area contributed by atoms with Crippen LogP contribution in [0.5, 0.6) is 11.5 Å². The van der Waals surface area contributed by atoms with Crippen molar-refractivity contribution in [1.29, 1.82) is 0 Å². The Bertz CT molecular complexity index is 1200. The summed E-state index contributed by atoms with van der Waals surface area (Å²) in [6, 6.07) is 5.27. The highest BCUT2D eigenvalue weighted by Gasteiger charge is 2.32. The molecule has 9 heteroatoms. The number of rotatable bonds is 5. The van der Waals surface area contributed by atoms with Crippen molar-refractivity contribution < 1.29 is 19.1 Å². The molecule has 1 fully saturated rings. The molecular formula is C23H27N5O4. The van der Waals surface area contributed by atoms with Crippen LogP contribution in [-0.4, -0.2) is 52.0 Å². The lowest BCUT2D eigenvalue weighted by Crippen LogP contribution is -2.40. The Morgan fingerprint density at radius 1 is 1.16 bits per heavy atom. The number of fused-ring (bicyclic) bond motifs is 1. The minimum absolute atomic E-state index is 0.102. The van der Waals surface area contributed by atoms with Crippen LogP contribution in [0.25, 0.3) is 10.9 Å². The lowest BCUT2D eigenvalue weighted by atomic mass is 10.0. The maximum absolute atomic E-state index is 13.7. The number of nitrogens with zero attached hydrogens (tertiary/aromatic N) is 4. The molecule has 0 bridgehead atoms. The minimum atomic E-state index is -0.564. The summed E-state index contributed by atoms with van der Waals surface area (Å²) in [5.74, 6) is 1.16. The van der Waals surface area contributed by atoms with Crippen LogP contribution < -0.4 is 15.2 Å². The van der Waals surface area contributed by atoms with Crippen molar-refractivity contribution in [3.8, 4) is 11.5 Å². The monoisotopic (exact) mass is 437 g/mol. The Hall–Kier alpha value is -3.62. The third-order valence-corrected chi connectivity index (χ3v) is 6.10. The molecule has 4 rings (SSSR count). The third kappa shape index (κ3) is 3.63. The van der Waals surface area contributed by atoms with Crippen LogP contribution in [0.4, 0.5) is 0 Å². The van der Waals surface area contributed by atoms with Gasteiger partial charge in [0.25, 0.3) is 11.8 Å². The molecule has 1 aromatic carbocycles. The number of hydrogen-bond acceptors (Lipinski definition) is 6. The predicted molar refractivity (Wildman–Crippen MR) is 119 cm³/mol. The van der Waals surface area contributed by atoms with Crippen LogP contribution in [0.2, 0.25) is 0 Å². The van der Waals surface area contributed by atoms with E-state index in [1.807, 2.05) is 28.6 Å². The highest BCUT2D eigenvalue weighted by atomic mass is 16.5. The number of aromatic nitrogens is 3. The average Bonchev–Trinajstić information content (AvgIpc) is 3.14. The Labute approximate surface area is 186 Å². The van der Waals surface area contributed by atoms with Gasteiger partial charge in [-0.2, -0.15) is 0 Å². The molecule has 2 N–H and O–H groups in total. The number of primary amides is 1. The molecule has 3 aromatic rings. The molecule has 1 aliphatic rings. The molecule has 0 unspecified atom stereocenters. The number of benzene rings is 1. The zero-order valence-corrected chi connectivity index (χ0v) is 18.7. The van der Waals surface area contributed by atoms with Crippen LogP contribution >= 0.6 is 0 Å². The molecule has 3 heterocycles. The Morgan fingerprint density at radius 3 is 2.59 bits per heavy atom. The summed E-state index contributed by atoms with van der Waals surface area (Å²) in [6.45, 7) is 2.33. The van der Waals surface area contributed by atoms with E-state index in [1.54, 1.807) is 27.2 Å². The molecule has 1 aliphatic heterocycles. The molecule has 168 valence electrons. The smallest absolute Gasteiger partial charge is 0.271 e. The number of amides is 2. The number of carbonyl (C=O) groups is 2. The summed E-state index contributed by atoms with van der Waals surface area (Å²) in [5.41, 5.74) is 7.58. The molecule has 2 aromatic heterocycles. The van der Waals surface area contributed by atoms with Crippen LogP contribution in [0.3, 0.4) is 0 Å². The van der Waals surface area contributed by atoms with Crippen molar-refractivity contribution in [2.45, 2.75) is 32.2 Å². The van der Waals surface area contributed by atoms with Crippen molar-refractivity contribution in [2.24, 2.45) is 12.8 Å². The van der Waals surface area contributed by atoms with Gasteiger partial charge in [0.2, 0.25) is 0 Å². The normalized spacial score (nSPS) is 16.2. The largest absolute Gasteiger partial charge is 0.497 e. The van der Waals surface area contributed by atoms with Crippen LogP contribution in [0.1, 0.15) is 57.7 Å². The summed E-state index contributed by atoms with van der Waals surface area (Å²) < 4.78 is 12.8. The van der Waals surface area contributed by atoms with Crippen molar-refractivity contribution >= 4 is 22.7 Å². The number of likely N-dealkylation sites (tertiary alicyclic amines) is 1. The zero-order valence-electron chi connectivity index (χ0n) is 18.7. The van der Waals surface area contributed by atoms with Crippen LogP contribution in [-0.2, 0) is 7.05 Å². The van der Waals surface area contributed by atoms with Gasteiger partial charge in [-0.3, -0.25) is 9.59 Å². The Kier molecular flexibility index (Phi) is 5.73. The van der Waals surface area contributed by atoms with Crippen molar-refractivity contribution in [1.82, 2.24) is 19.4 Å². The molecule has 0 saturated carbocycles. The number of aryl methyl sites for hydroxylation is 2. The summed E-state index contributed by atoms with van der Waals surface area (Å²) in [6.07, 6.45) is 4.07. The van der Waals surface area contributed by atoms with E-state index in [1.165, 1.54) is 6.20 Å². The van der Waals surface area contributed by atoms with Gasteiger partial charge in [0.15, 0.2) is 5.82 Å². The van der Waals surface area contributed by atoms with E-state index >= 15 is 0 Å². The fraction of sp³-hybridized carbons (Fsp3) is 0.391. The number of nitrogens with two attached hydrogens (primary N) is 1. The average molecular weight is 438 g/mol. The molecule has 32 heavy (non-hydrogen) atoms. The number of carbonyl (C=O) groups excluding carboxylic acids is 2. The van der Waals surface area contributed by atoms with E-state index in [0.29, 0.717) is 35.3 Å². The first kappa shape index (κ1) is 21.6. The first-order valence-corrected chi connectivity index (χ1v) is 10.5. The van der Waals surface area contributed by atoms with E-state index < -0.39 is 5.91 Å². The minimum Gasteiger partial charge on any atom is -0.497 e. The van der Waals surface area contributed by atoms with Gasteiger partial charge in [-0.1, -0.05) is 0 Å². The van der Waals surface area contributed by atoms with Crippen molar-refractivity contribution in [2.75, 3.05) is 20.8 Å². The van der Waals surface area contributed by atoms with Gasteiger partial charge < -0.3 is 24.7 Å². The summed E-state index contributed by atoms with van der Waals surface area (Å²) in [5, 5.41) is 0.839. The summed E-state index contributed by atoms with van der Waals surface area (Å²) in [4.78, 5) is 35.9. The van der Waals surface area contributed by atoms with Crippen LogP contribution in [0.15, 0.2) is 24.4 Å². The maximum atomic E-state index is 13.7. The van der Waals surface area contributed by atoms with Gasteiger partial charge in [0.05, 0.1) is 37.0 Å². The fourth-order valence-corrected chi connectivity index (χ4v) is 4.34. The van der Waals surface area contributed by atoms with E-state index in [9.17, 15) is 9.59 Å².